The zero-order valence-electron chi connectivity index (χ0n) is 22.4. The first-order chi connectivity index (χ1) is 18.7. The number of fused-ring (bicyclic) bond motifs is 1. The van der Waals surface area contributed by atoms with Gasteiger partial charge in [0.2, 0.25) is 0 Å². The second-order valence-corrected chi connectivity index (χ2v) is 11.9. The number of hydrogen-bond donors (Lipinski definition) is 2. The van der Waals surface area contributed by atoms with E-state index in [-0.39, 0.29) is 4.90 Å². The molecule has 0 saturated carbocycles. The lowest BCUT2D eigenvalue weighted by molar-refractivity contribution is 0.246. The maximum absolute atomic E-state index is 12.4. The standard InChI is InChI=1S/C30H33N5O3S/c1-20-8-14-26(15-9-20)39(37,38)34-30(36)31-17-16-23-10-12-25(13-11-23)35-27(19-24-6-4-5-7-24)33-28-21(2)18-22(3)32-29(28)35/h4,6,8-15,18,24H,5,7,16-17,19H2,1-3H3,(H2,31,34,36). The van der Waals surface area contributed by atoms with Gasteiger partial charge in [0.25, 0.3) is 10.0 Å². The summed E-state index contributed by atoms with van der Waals surface area (Å²) in [6.45, 7) is 6.24. The number of nitrogens with zero attached hydrogens (tertiary/aromatic N) is 3. The van der Waals surface area contributed by atoms with Gasteiger partial charge in [-0.15, -0.1) is 0 Å². The van der Waals surface area contributed by atoms with Crippen LogP contribution in [-0.2, 0) is 22.9 Å². The molecule has 0 radical (unpaired) electrons. The summed E-state index contributed by atoms with van der Waals surface area (Å²) in [7, 11) is -3.92. The minimum absolute atomic E-state index is 0.0501. The number of hydrogen-bond acceptors (Lipinski definition) is 5. The van der Waals surface area contributed by atoms with Crippen LogP contribution in [0.4, 0.5) is 4.79 Å². The van der Waals surface area contributed by atoms with Gasteiger partial charge >= 0.3 is 6.03 Å². The Labute approximate surface area is 229 Å². The highest BCUT2D eigenvalue weighted by Gasteiger charge is 2.20. The number of pyridine rings is 1. The Balaban J connectivity index is 1.27. The van der Waals surface area contributed by atoms with Gasteiger partial charge in [-0.1, -0.05) is 42.0 Å². The van der Waals surface area contributed by atoms with E-state index in [9.17, 15) is 13.2 Å². The summed E-state index contributed by atoms with van der Waals surface area (Å²) >= 11 is 0. The molecule has 1 atom stereocenters. The van der Waals surface area contributed by atoms with Crippen molar-refractivity contribution >= 4 is 27.2 Å². The van der Waals surface area contributed by atoms with Crippen LogP contribution in [0.5, 0.6) is 0 Å². The predicted octanol–water partition coefficient (Wildman–Crippen LogP) is 5.09. The zero-order valence-corrected chi connectivity index (χ0v) is 23.3. The number of nitrogens with one attached hydrogen (secondary N) is 2. The summed E-state index contributed by atoms with van der Waals surface area (Å²) in [5.41, 5.74) is 6.82. The van der Waals surface area contributed by atoms with E-state index in [1.54, 1.807) is 12.1 Å². The van der Waals surface area contributed by atoms with Crippen LogP contribution in [0.2, 0.25) is 0 Å². The van der Waals surface area contributed by atoms with Crippen LogP contribution in [0.1, 0.15) is 41.1 Å². The molecular formula is C30H33N5O3S. The van der Waals surface area contributed by atoms with Crippen molar-refractivity contribution < 1.29 is 13.2 Å². The second-order valence-electron chi connectivity index (χ2n) is 10.2. The van der Waals surface area contributed by atoms with E-state index in [1.807, 2.05) is 38.1 Å². The molecular weight excluding hydrogens is 510 g/mol. The lowest BCUT2D eigenvalue weighted by atomic mass is 10.0. The number of rotatable bonds is 8. The number of carbonyl (C=O) groups is 1. The molecule has 4 aromatic rings. The number of urea groups is 1. The van der Waals surface area contributed by atoms with E-state index in [0.29, 0.717) is 18.9 Å². The van der Waals surface area contributed by atoms with E-state index in [4.69, 9.17) is 9.97 Å². The topological polar surface area (TPSA) is 106 Å². The molecule has 1 aliphatic rings. The molecule has 2 N–H and O–H groups in total. The fourth-order valence-corrected chi connectivity index (χ4v) is 5.91. The number of imidazole rings is 1. The molecule has 2 aromatic carbocycles. The number of aromatic nitrogens is 3. The van der Waals surface area contributed by atoms with E-state index in [2.05, 4.69) is 39.7 Å². The van der Waals surface area contributed by atoms with Gasteiger partial charge in [0.15, 0.2) is 5.65 Å². The molecule has 1 unspecified atom stereocenters. The van der Waals surface area contributed by atoms with Crippen molar-refractivity contribution in [1.29, 1.82) is 0 Å². The molecule has 8 nitrogen and oxygen atoms in total. The maximum atomic E-state index is 12.4. The minimum atomic E-state index is -3.92. The first kappa shape index (κ1) is 26.6. The van der Waals surface area contributed by atoms with Crippen molar-refractivity contribution in [1.82, 2.24) is 24.6 Å². The van der Waals surface area contributed by atoms with Gasteiger partial charge in [-0.3, -0.25) is 4.57 Å². The molecule has 0 saturated heterocycles. The summed E-state index contributed by atoms with van der Waals surface area (Å²) in [4.78, 5) is 22.1. The summed E-state index contributed by atoms with van der Waals surface area (Å²) < 4.78 is 29.1. The molecule has 1 aliphatic carbocycles. The number of allylic oxidation sites excluding steroid dienone is 2. The number of carbonyl (C=O) groups excluding carboxylic acids is 1. The first-order valence-corrected chi connectivity index (χ1v) is 14.7. The van der Waals surface area contributed by atoms with Gasteiger partial charge in [-0.2, -0.15) is 0 Å². The van der Waals surface area contributed by atoms with Gasteiger partial charge in [0, 0.05) is 24.3 Å². The normalized spacial score (nSPS) is 15.1. The summed E-state index contributed by atoms with van der Waals surface area (Å²) in [5.74, 6) is 1.48. The number of aryl methyl sites for hydroxylation is 3. The summed E-state index contributed by atoms with van der Waals surface area (Å²) in [6.07, 6.45) is 8.19. The van der Waals surface area contributed by atoms with Gasteiger partial charge in [-0.05, 0) is 87.4 Å². The van der Waals surface area contributed by atoms with Gasteiger partial charge < -0.3 is 5.32 Å². The summed E-state index contributed by atoms with van der Waals surface area (Å²) in [5, 5.41) is 2.64. The highest BCUT2D eigenvalue weighted by Crippen LogP contribution is 2.28. The van der Waals surface area contributed by atoms with Crippen molar-refractivity contribution in [2.24, 2.45) is 5.92 Å². The lowest BCUT2D eigenvalue weighted by Crippen LogP contribution is -2.40. The Morgan fingerprint density at radius 3 is 2.46 bits per heavy atom. The largest absolute Gasteiger partial charge is 0.337 e. The molecule has 5 rings (SSSR count). The van der Waals surface area contributed by atoms with Crippen molar-refractivity contribution in [2.45, 2.75) is 51.3 Å². The maximum Gasteiger partial charge on any atom is 0.328 e. The molecule has 2 heterocycles. The number of benzene rings is 2. The van der Waals surface area contributed by atoms with Crippen LogP contribution in [0, 0.1) is 26.7 Å². The first-order valence-electron chi connectivity index (χ1n) is 13.2. The highest BCUT2D eigenvalue weighted by atomic mass is 32.2. The monoisotopic (exact) mass is 543 g/mol. The van der Waals surface area contributed by atoms with Crippen LogP contribution < -0.4 is 10.0 Å². The fourth-order valence-electron chi connectivity index (χ4n) is 4.98. The van der Waals surface area contributed by atoms with E-state index in [0.717, 1.165) is 64.3 Å². The minimum Gasteiger partial charge on any atom is -0.337 e. The van der Waals surface area contributed by atoms with Gasteiger partial charge in [-0.25, -0.2) is 27.9 Å². The molecule has 0 spiro atoms. The molecule has 0 fully saturated rings. The van der Waals surface area contributed by atoms with Crippen LogP contribution in [0.3, 0.4) is 0 Å². The third kappa shape index (κ3) is 6.04. The smallest absolute Gasteiger partial charge is 0.328 e. The van der Waals surface area contributed by atoms with E-state index >= 15 is 0 Å². The highest BCUT2D eigenvalue weighted by molar-refractivity contribution is 7.90. The average Bonchev–Trinajstić information content (AvgIpc) is 3.53. The Bertz CT molecular complexity index is 1640. The van der Waals surface area contributed by atoms with Crippen molar-refractivity contribution in [2.75, 3.05) is 6.54 Å². The zero-order chi connectivity index (χ0) is 27.6. The van der Waals surface area contributed by atoms with Crippen LogP contribution >= 0.6 is 0 Å². The quantitative estimate of drug-likeness (QED) is 0.301. The van der Waals surface area contributed by atoms with Gasteiger partial charge in [0.05, 0.1) is 4.90 Å². The fraction of sp³-hybridized carbons (Fsp3) is 0.300. The Hall–Kier alpha value is -3.98. The molecule has 39 heavy (non-hydrogen) atoms. The molecule has 2 amide bonds. The number of sulfonamides is 1. The number of amides is 2. The third-order valence-electron chi connectivity index (χ3n) is 7.01. The van der Waals surface area contributed by atoms with Crippen molar-refractivity contribution in [3.05, 3.63) is 95.0 Å². The van der Waals surface area contributed by atoms with Crippen LogP contribution in [0.25, 0.3) is 16.9 Å². The van der Waals surface area contributed by atoms with Crippen LogP contribution in [-0.4, -0.2) is 35.5 Å². The average molecular weight is 544 g/mol. The Kier molecular flexibility index (Phi) is 7.52. The molecule has 9 heteroatoms. The SMILES string of the molecule is Cc1ccc(S(=O)(=O)NC(=O)NCCc2ccc(-n3c(CC4C=CCC4)nc4c(C)cc(C)nc43)cc2)cc1. The molecule has 0 aliphatic heterocycles. The Morgan fingerprint density at radius 1 is 1.03 bits per heavy atom. The van der Waals surface area contributed by atoms with Crippen LogP contribution in [0.15, 0.2) is 71.6 Å². The van der Waals surface area contributed by atoms with E-state index < -0.39 is 16.1 Å². The Morgan fingerprint density at radius 2 is 1.77 bits per heavy atom. The van der Waals surface area contributed by atoms with E-state index in [1.165, 1.54) is 12.1 Å². The second kappa shape index (κ2) is 11.0. The van der Waals surface area contributed by atoms with Gasteiger partial charge in [0.1, 0.15) is 11.3 Å². The third-order valence-corrected chi connectivity index (χ3v) is 8.36. The summed E-state index contributed by atoms with van der Waals surface area (Å²) in [6, 6.07) is 15.8. The molecule has 2 aromatic heterocycles. The van der Waals surface area contributed by atoms with Crippen molar-refractivity contribution in [3.63, 3.8) is 0 Å². The molecule has 202 valence electrons. The predicted molar refractivity (Wildman–Crippen MR) is 153 cm³/mol. The lowest BCUT2D eigenvalue weighted by Gasteiger charge is -2.13. The molecule has 0 bridgehead atoms. The van der Waals surface area contributed by atoms with Crippen molar-refractivity contribution in [3.8, 4) is 5.69 Å².